The van der Waals surface area contributed by atoms with Gasteiger partial charge in [0.15, 0.2) is 0 Å². The number of nitrogens with one attached hydrogen (secondary N) is 1. The van der Waals surface area contributed by atoms with Crippen molar-refractivity contribution in [3.8, 4) is 0 Å². The summed E-state index contributed by atoms with van der Waals surface area (Å²) in [6.07, 6.45) is 9.51. The number of amides is 2. The minimum absolute atomic E-state index is 0.0591. The number of nitrogens with zero attached hydrogens (tertiary/aromatic N) is 1. The first-order valence-electron chi connectivity index (χ1n) is 9.43. The fourth-order valence-corrected chi connectivity index (χ4v) is 3.57. The van der Waals surface area contributed by atoms with Gasteiger partial charge in [0.2, 0.25) is 11.8 Å². The van der Waals surface area contributed by atoms with Crippen molar-refractivity contribution in [2.45, 2.75) is 70.4 Å². The summed E-state index contributed by atoms with van der Waals surface area (Å²) in [5.41, 5.74) is 0. The maximum absolute atomic E-state index is 12.5. The molecule has 1 N–H and O–H groups in total. The number of piperidine rings is 1. The number of carbonyl (C=O) groups is 2. The molecule has 0 radical (unpaired) electrons. The number of hydrogen-bond donors (Lipinski definition) is 1. The molecule has 1 saturated carbocycles. The van der Waals surface area contributed by atoms with E-state index in [1.807, 2.05) is 4.90 Å². The van der Waals surface area contributed by atoms with Gasteiger partial charge >= 0.3 is 0 Å². The molecule has 0 spiro atoms. The third-order valence-corrected chi connectivity index (χ3v) is 5.17. The zero-order chi connectivity index (χ0) is 17.4. The SMILES string of the molecule is C=CCCOC(C)C(=O)NC1CCN(C(=O)C2CCCCC2)CC1. The molecule has 2 amide bonds. The lowest BCUT2D eigenvalue weighted by Gasteiger charge is -2.35. The van der Waals surface area contributed by atoms with Crippen LogP contribution in [0.5, 0.6) is 0 Å². The van der Waals surface area contributed by atoms with Crippen molar-refractivity contribution >= 4 is 11.8 Å². The van der Waals surface area contributed by atoms with E-state index in [0.717, 1.165) is 45.2 Å². The van der Waals surface area contributed by atoms with Gasteiger partial charge < -0.3 is 15.0 Å². The second-order valence-electron chi connectivity index (χ2n) is 7.03. The summed E-state index contributed by atoms with van der Waals surface area (Å²) in [6, 6.07) is 0.151. The molecule has 1 heterocycles. The molecule has 136 valence electrons. The van der Waals surface area contributed by atoms with Crippen LogP contribution in [0.4, 0.5) is 0 Å². The van der Waals surface area contributed by atoms with Gasteiger partial charge in [0.1, 0.15) is 6.10 Å². The molecule has 1 unspecified atom stereocenters. The minimum atomic E-state index is -0.438. The lowest BCUT2D eigenvalue weighted by molar-refractivity contribution is -0.138. The molecule has 0 bridgehead atoms. The van der Waals surface area contributed by atoms with Crippen molar-refractivity contribution in [3.63, 3.8) is 0 Å². The van der Waals surface area contributed by atoms with Crippen LogP contribution in [0.15, 0.2) is 12.7 Å². The van der Waals surface area contributed by atoms with Crippen molar-refractivity contribution in [2.75, 3.05) is 19.7 Å². The molecule has 1 aliphatic carbocycles. The molecule has 5 heteroatoms. The van der Waals surface area contributed by atoms with Gasteiger partial charge in [-0.3, -0.25) is 9.59 Å². The molecule has 0 aromatic rings. The predicted molar refractivity (Wildman–Crippen MR) is 94.5 cm³/mol. The molecule has 2 rings (SSSR count). The summed E-state index contributed by atoms with van der Waals surface area (Å²) >= 11 is 0. The highest BCUT2D eigenvalue weighted by atomic mass is 16.5. The predicted octanol–water partition coefficient (Wildman–Crippen LogP) is 2.66. The van der Waals surface area contributed by atoms with Crippen LogP contribution < -0.4 is 5.32 Å². The summed E-state index contributed by atoms with van der Waals surface area (Å²) in [5, 5.41) is 3.06. The molecule has 5 nitrogen and oxygen atoms in total. The lowest BCUT2D eigenvalue weighted by Crippen LogP contribution is -2.50. The van der Waals surface area contributed by atoms with Gasteiger partial charge in [0, 0.05) is 25.0 Å². The van der Waals surface area contributed by atoms with Gasteiger partial charge in [-0.25, -0.2) is 0 Å². The molecule has 2 fully saturated rings. The van der Waals surface area contributed by atoms with Gasteiger partial charge in [-0.1, -0.05) is 25.3 Å². The molecule has 0 aromatic carbocycles. The average molecular weight is 336 g/mol. The van der Waals surface area contributed by atoms with E-state index in [0.29, 0.717) is 12.5 Å². The van der Waals surface area contributed by atoms with Gasteiger partial charge in [-0.15, -0.1) is 6.58 Å². The number of rotatable bonds is 7. The van der Waals surface area contributed by atoms with Crippen LogP contribution >= 0.6 is 0 Å². The Morgan fingerprint density at radius 2 is 1.88 bits per heavy atom. The summed E-state index contributed by atoms with van der Waals surface area (Å²) in [5.74, 6) is 0.514. The van der Waals surface area contributed by atoms with Crippen LogP contribution in [0.25, 0.3) is 0 Å². The summed E-state index contributed by atoms with van der Waals surface area (Å²) in [6.45, 7) is 7.45. The maximum Gasteiger partial charge on any atom is 0.249 e. The Bertz CT molecular complexity index is 424. The monoisotopic (exact) mass is 336 g/mol. The zero-order valence-electron chi connectivity index (χ0n) is 15.0. The van der Waals surface area contributed by atoms with Crippen molar-refractivity contribution in [3.05, 3.63) is 12.7 Å². The second-order valence-corrected chi connectivity index (χ2v) is 7.03. The number of ether oxygens (including phenoxy) is 1. The van der Waals surface area contributed by atoms with E-state index in [9.17, 15) is 9.59 Å². The Kier molecular flexibility index (Phi) is 7.76. The average Bonchev–Trinajstić information content (AvgIpc) is 2.62. The fourth-order valence-electron chi connectivity index (χ4n) is 3.57. The van der Waals surface area contributed by atoms with E-state index in [-0.39, 0.29) is 17.9 Å². The topological polar surface area (TPSA) is 58.6 Å². The van der Waals surface area contributed by atoms with Crippen molar-refractivity contribution in [1.82, 2.24) is 10.2 Å². The van der Waals surface area contributed by atoms with Crippen molar-refractivity contribution < 1.29 is 14.3 Å². The molecule has 2 aliphatic rings. The molecule has 1 atom stereocenters. The molecule has 1 saturated heterocycles. The highest BCUT2D eigenvalue weighted by molar-refractivity contribution is 5.81. The molecule has 0 aromatic heterocycles. The summed E-state index contributed by atoms with van der Waals surface area (Å²) < 4.78 is 5.48. The number of likely N-dealkylation sites (tertiary alicyclic amines) is 1. The molecular formula is C19H32N2O3. The Labute approximate surface area is 145 Å². The van der Waals surface area contributed by atoms with Crippen LogP contribution in [0.1, 0.15) is 58.3 Å². The molecule has 1 aliphatic heterocycles. The Balaban J connectivity index is 1.69. The van der Waals surface area contributed by atoms with Gasteiger partial charge in [-0.05, 0) is 39.0 Å². The Morgan fingerprint density at radius 3 is 2.50 bits per heavy atom. The van der Waals surface area contributed by atoms with E-state index in [1.54, 1.807) is 13.0 Å². The van der Waals surface area contributed by atoms with Crippen LogP contribution in [-0.4, -0.2) is 48.6 Å². The standard InChI is InChI=1S/C19H32N2O3/c1-3-4-14-24-15(2)18(22)20-17-10-12-21(13-11-17)19(23)16-8-6-5-7-9-16/h3,15-17H,1,4-14H2,2H3,(H,20,22). The van der Waals surface area contributed by atoms with Gasteiger partial charge in [-0.2, -0.15) is 0 Å². The number of hydrogen-bond acceptors (Lipinski definition) is 3. The normalized spacial score (nSPS) is 21.3. The van der Waals surface area contributed by atoms with Crippen LogP contribution in [0.2, 0.25) is 0 Å². The minimum Gasteiger partial charge on any atom is -0.368 e. The highest BCUT2D eigenvalue weighted by Gasteiger charge is 2.30. The van der Waals surface area contributed by atoms with Gasteiger partial charge in [0.05, 0.1) is 6.61 Å². The van der Waals surface area contributed by atoms with E-state index < -0.39 is 6.10 Å². The smallest absolute Gasteiger partial charge is 0.249 e. The van der Waals surface area contributed by atoms with Gasteiger partial charge in [0.25, 0.3) is 0 Å². The quantitative estimate of drug-likeness (QED) is 0.574. The summed E-state index contributed by atoms with van der Waals surface area (Å²) in [4.78, 5) is 26.7. The van der Waals surface area contributed by atoms with Crippen molar-refractivity contribution in [2.24, 2.45) is 5.92 Å². The van der Waals surface area contributed by atoms with E-state index in [1.165, 1.54) is 19.3 Å². The first-order chi connectivity index (χ1) is 11.6. The summed E-state index contributed by atoms with van der Waals surface area (Å²) in [7, 11) is 0. The largest absolute Gasteiger partial charge is 0.368 e. The first-order valence-corrected chi connectivity index (χ1v) is 9.43. The van der Waals surface area contributed by atoms with E-state index in [4.69, 9.17) is 4.74 Å². The third-order valence-electron chi connectivity index (χ3n) is 5.17. The Hall–Kier alpha value is -1.36. The van der Waals surface area contributed by atoms with E-state index >= 15 is 0 Å². The van der Waals surface area contributed by atoms with Crippen LogP contribution in [-0.2, 0) is 14.3 Å². The second kappa shape index (κ2) is 9.82. The fraction of sp³-hybridized carbons (Fsp3) is 0.789. The Morgan fingerprint density at radius 1 is 1.21 bits per heavy atom. The lowest BCUT2D eigenvalue weighted by atomic mass is 9.87. The number of carbonyl (C=O) groups excluding carboxylic acids is 2. The van der Waals surface area contributed by atoms with E-state index in [2.05, 4.69) is 11.9 Å². The highest BCUT2D eigenvalue weighted by Crippen LogP contribution is 2.26. The molecular weight excluding hydrogens is 304 g/mol. The van der Waals surface area contributed by atoms with Crippen molar-refractivity contribution in [1.29, 1.82) is 0 Å². The van der Waals surface area contributed by atoms with Crippen LogP contribution in [0, 0.1) is 5.92 Å². The zero-order valence-corrected chi connectivity index (χ0v) is 15.0. The molecule has 24 heavy (non-hydrogen) atoms. The first kappa shape index (κ1) is 19.0. The van der Waals surface area contributed by atoms with Crippen LogP contribution in [0.3, 0.4) is 0 Å². The maximum atomic E-state index is 12.5. The third kappa shape index (κ3) is 5.62.